The maximum absolute atomic E-state index is 11.8. The molecule has 0 N–H and O–H groups in total. The molecule has 0 saturated carbocycles. The van der Waals surface area contributed by atoms with Crippen LogP contribution < -0.4 is 0 Å². The molecule has 236 valence electrons. The summed E-state index contributed by atoms with van der Waals surface area (Å²) in [6.45, 7) is 11.3. The second-order valence-corrected chi connectivity index (χ2v) is 10.3. The highest BCUT2D eigenvalue weighted by molar-refractivity contribution is 5.86. The number of esters is 2. The molecule has 0 amide bonds. The Labute approximate surface area is 244 Å². The molecule has 0 rings (SSSR count). The highest BCUT2D eigenvalue weighted by Crippen LogP contribution is 2.13. The zero-order valence-electron chi connectivity index (χ0n) is 25.9. The molecule has 40 heavy (non-hydrogen) atoms. The van der Waals surface area contributed by atoms with Crippen LogP contribution in [0, 0.1) is 0 Å². The van der Waals surface area contributed by atoms with E-state index in [2.05, 4.69) is 13.5 Å². The van der Waals surface area contributed by atoms with Crippen LogP contribution in [0.15, 0.2) is 12.2 Å². The molecular formula is C32H60O8. The Morgan fingerprint density at radius 3 is 1.18 bits per heavy atom. The summed E-state index contributed by atoms with van der Waals surface area (Å²) in [5.41, 5.74) is 0.373. The van der Waals surface area contributed by atoms with Crippen LogP contribution in [0.4, 0.5) is 0 Å². The number of carbonyl (C=O) groups is 2. The van der Waals surface area contributed by atoms with Gasteiger partial charge in [-0.2, -0.15) is 0 Å². The first-order valence-corrected chi connectivity index (χ1v) is 15.9. The van der Waals surface area contributed by atoms with Crippen LogP contribution in [0.2, 0.25) is 0 Å². The highest BCUT2D eigenvalue weighted by atomic mass is 16.6. The van der Waals surface area contributed by atoms with Crippen molar-refractivity contribution in [3.8, 4) is 0 Å². The van der Waals surface area contributed by atoms with Gasteiger partial charge in [-0.25, -0.2) is 4.79 Å². The molecule has 0 aliphatic carbocycles. The molecule has 0 aromatic rings. The summed E-state index contributed by atoms with van der Waals surface area (Å²) in [6, 6.07) is 0. The molecule has 0 unspecified atom stereocenters. The van der Waals surface area contributed by atoms with E-state index in [9.17, 15) is 9.59 Å². The molecule has 8 nitrogen and oxygen atoms in total. The second kappa shape index (κ2) is 32.0. The van der Waals surface area contributed by atoms with Gasteiger partial charge >= 0.3 is 11.9 Å². The van der Waals surface area contributed by atoms with Crippen LogP contribution in [-0.4, -0.2) is 78.0 Å². The Balaban J connectivity index is 3.18. The topological polar surface area (TPSA) is 89.5 Å². The third-order valence-electron chi connectivity index (χ3n) is 6.40. The molecule has 0 atom stereocenters. The quantitative estimate of drug-likeness (QED) is 0.0485. The monoisotopic (exact) mass is 572 g/mol. The molecule has 0 bridgehead atoms. The van der Waals surface area contributed by atoms with Gasteiger partial charge in [-0.05, 0) is 13.3 Å². The van der Waals surface area contributed by atoms with E-state index in [4.69, 9.17) is 28.4 Å². The fraction of sp³-hybridized carbons (Fsp3) is 0.875. The SMILES string of the molecule is C=C(C)C(=O)OCCOCCOCCOCCOCCOC(=O)CCCCCCCCCCCCCCCCC. The Morgan fingerprint density at radius 1 is 0.475 bits per heavy atom. The summed E-state index contributed by atoms with van der Waals surface area (Å²) in [7, 11) is 0. The van der Waals surface area contributed by atoms with Gasteiger partial charge in [0.15, 0.2) is 0 Å². The molecule has 0 heterocycles. The lowest BCUT2D eigenvalue weighted by molar-refractivity contribution is -0.145. The van der Waals surface area contributed by atoms with Gasteiger partial charge in [-0.3, -0.25) is 4.79 Å². The lowest BCUT2D eigenvalue weighted by Crippen LogP contribution is -2.15. The van der Waals surface area contributed by atoms with Gasteiger partial charge in [-0.1, -0.05) is 103 Å². The molecule has 0 aromatic heterocycles. The fourth-order valence-corrected chi connectivity index (χ4v) is 4.01. The third kappa shape index (κ3) is 31.1. The van der Waals surface area contributed by atoms with E-state index in [1.165, 1.54) is 83.5 Å². The normalized spacial score (nSPS) is 11.1. The minimum absolute atomic E-state index is 0.136. The standard InChI is InChI=1S/C32H60O8/c1-4-5-6-7-8-9-10-11-12-13-14-15-16-17-18-19-31(33)39-28-26-37-24-22-35-20-21-36-23-25-38-27-29-40-32(34)30(2)3/h2,4-29H2,1,3H3. The van der Waals surface area contributed by atoms with Crippen molar-refractivity contribution in [2.45, 2.75) is 117 Å². The Kier molecular flexibility index (Phi) is 30.9. The zero-order chi connectivity index (χ0) is 29.4. The van der Waals surface area contributed by atoms with E-state index >= 15 is 0 Å². The number of hydrogen-bond acceptors (Lipinski definition) is 8. The van der Waals surface area contributed by atoms with E-state index in [1.54, 1.807) is 6.92 Å². The maximum atomic E-state index is 11.8. The van der Waals surface area contributed by atoms with Crippen molar-refractivity contribution >= 4 is 11.9 Å². The molecular weight excluding hydrogens is 512 g/mol. The summed E-state index contributed by atoms with van der Waals surface area (Å²) < 4.78 is 31.7. The molecule has 0 aromatic carbocycles. The van der Waals surface area contributed by atoms with Crippen molar-refractivity contribution in [3.05, 3.63) is 12.2 Å². The summed E-state index contributed by atoms with van der Waals surface area (Å²) in [5, 5.41) is 0. The molecule has 0 aliphatic heterocycles. The second-order valence-electron chi connectivity index (χ2n) is 10.3. The Bertz CT molecular complexity index is 581. The van der Waals surface area contributed by atoms with Crippen molar-refractivity contribution in [2.75, 3.05) is 66.1 Å². The molecule has 0 fully saturated rings. The average molecular weight is 573 g/mol. The minimum atomic E-state index is -0.410. The van der Waals surface area contributed by atoms with Crippen LogP contribution in [-0.2, 0) is 38.0 Å². The predicted molar refractivity (Wildman–Crippen MR) is 160 cm³/mol. The van der Waals surface area contributed by atoms with Crippen LogP contribution >= 0.6 is 0 Å². The van der Waals surface area contributed by atoms with Crippen molar-refractivity contribution in [3.63, 3.8) is 0 Å². The van der Waals surface area contributed by atoms with Crippen molar-refractivity contribution in [2.24, 2.45) is 0 Å². The molecule has 0 radical (unpaired) electrons. The van der Waals surface area contributed by atoms with Crippen LogP contribution in [0.5, 0.6) is 0 Å². The van der Waals surface area contributed by atoms with Gasteiger partial charge in [0, 0.05) is 12.0 Å². The predicted octanol–water partition coefficient (Wildman–Crippen LogP) is 6.98. The van der Waals surface area contributed by atoms with Gasteiger partial charge in [0.25, 0.3) is 0 Å². The van der Waals surface area contributed by atoms with Crippen molar-refractivity contribution in [1.82, 2.24) is 0 Å². The Morgan fingerprint density at radius 2 is 0.800 bits per heavy atom. The van der Waals surface area contributed by atoms with Gasteiger partial charge in [0.2, 0.25) is 0 Å². The van der Waals surface area contributed by atoms with Crippen molar-refractivity contribution < 1.29 is 38.0 Å². The smallest absolute Gasteiger partial charge is 0.333 e. The van der Waals surface area contributed by atoms with Crippen LogP contribution in [0.1, 0.15) is 117 Å². The lowest BCUT2D eigenvalue weighted by Gasteiger charge is -2.08. The number of hydrogen-bond donors (Lipinski definition) is 0. The highest BCUT2D eigenvalue weighted by Gasteiger charge is 2.03. The van der Waals surface area contributed by atoms with E-state index < -0.39 is 5.97 Å². The van der Waals surface area contributed by atoms with Crippen LogP contribution in [0.25, 0.3) is 0 Å². The third-order valence-corrected chi connectivity index (χ3v) is 6.40. The molecule has 0 spiro atoms. The first-order chi connectivity index (χ1) is 19.6. The van der Waals surface area contributed by atoms with Gasteiger partial charge < -0.3 is 28.4 Å². The molecule has 0 saturated heterocycles. The van der Waals surface area contributed by atoms with Gasteiger partial charge in [-0.15, -0.1) is 0 Å². The summed E-state index contributed by atoms with van der Waals surface area (Å²) in [5.74, 6) is -0.545. The first-order valence-electron chi connectivity index (χ1n) is 15.9. The number of carbonyl (C=O) groups excluding carboxylic acids is 2. The van der Waals surface area contributed by atoms with Crippen molar-refractivity contribution in [1.29, 1.82) is 0 Å². The lowest BCUT2D eigenvalue weighted by atomic mass is 10.0. The zero-order valence-corrected chi connectivity index (χ0v) is 25.9. The van der Waals surface area contributed by atoms with Gasteiger partial charge in [0.1, 0.15) is 13.2 Å². The molecule has 8 heteroatoms. The van der Waals surface area contributed by atoms with E-state index in [0.29, 0.717) is 64.8 Å². The summed E-state index contributed by atoms with van der Waals surface area (Å²) in [4.78, 5) is 23.0. The van der Waals surface area contributed by atoms with Crippen LogP contribution in [0.3, 0.4) is 0 Å². The summed E-state index contributed by atoms with van der Waals surface area (Å²) in [6.07, 6.45) is 20.2. The number of unbranched alkanes of at least 4 members (excludes halogenated alkanes) is 14. The Hall–Kier alpha value is -1.48. The first kappa shape index (κ1) is 38.5. The maximum Gasteiger partial charge on any atom is 0.333 e. The van der Waals surface area contributed by atoms with E-state index in [1.807, 2.05) is 0 Å². The number of rotatable bonds is 32. The fourth-order valence-electron chi connectivity index (χ4n) is 4.01. The average Bonchev–Trinajstić information content (AvgIpc) is 2.94. The number of ether oxygens (including phenoxy) is 6. The van der Waals surface area contributed by atoms with E-state index in [0.717, 1.165) is 12.8 Å². The van der Waals surface area contributed by atoms with Gasteiger partial charge in [0.05, 0.1) is 52.9 Å². The summed E-state index contributed by atoms with van der Waals surface area (Å²) >= 11 is 0. The largest absolute Gasteiger partial charge is 0.463 e. The minimum Gasteiger partial charge on any atom is -0.463 e. The van der Waals surface area contributed by atoms with E-state index in [-0.39, 0.29) is 19.2 Å². The molecule has 0 aliphatic rings.